The summed E-state index contributed by atoms with van der Waals surface area (Å²) < 4.78 is 9.04. The first-order valence-electron chi connectivity index (χ1n) is 12.5. The number of methoxy groups -OCH3 is 1. The lowest BCUT2D eigenvalue weighted by atomic mass is 9.90. The van der Waals surface area contributed by atoms with Crippen LogP contribution in [-0.4, -0.2) is 35.6 Å². The maximum atomic E-state index is 14.1. The van der Waals surface area contributed by atoms with E-state index in [0.717, 1.165) is 26.4 Å². The summed E-state index contributed by atoms with van der Waals surface area (Å²) in [4.78, 5) is 35.2. The molecule has 5 rings (SSSR count). The van der Waals surface area contributed by atoms with Crippen LogP contribution in [0.25, 0.3) is 16.8 Å². The molecule has 0 fully saturated rings. The quantitative estimate of drug-likeness (QED) is 0.317. The molecule has 1 aliphatic rings. The fourth-order valence-corrected chi connectivity index (χ4v) is 6.31. The first kappa shape index (κ1) is 26.1. The molecule has 0 aliphatic carbocycles. The average molecular weight is 591 g/mol. The number of fused-ring (bicyclic) bond motifs is 2. The van der Waals surface area contributed by atoms with Gasteiger partial charge in [0.25, 0.3) is 11.5 Å². The summed E-state index contributed by atoms with van der Waals surface area (Å²) >= 11 is 4.80. The number of hydrogen-bond acceptors (Lipinski definition) is 5. The van der Waals surface area contributed by atoms with Gasteiger partial charge in [-0.15, -0.1) is 0 Å². The number of likely N-dealkylation sites (N-methyl/N-ethyl adjacent to an activating group) is 1. The third-order valence-corrected chi connectivity index (χ3v) is 8.41. The maximum absolute atomic E-state index is 14.1. The molecular weight excluding hydrogens is 562 g/mol. The van der Waals surface area contributed by atoms with Gasteiger partial charge in [-0.05, 0) is 61.4 Å². The van der Waals surface area contributed by atoms with Crippen LogP contribution in [0, 0.1) is 0 Å². The van der Waals surface area contributed by atoms with E-state index >= 15 is 0 Å². The van der Waals surface area contributed by atoms with Crippen molar-refractivity contribution in [2.24, 2.45) is 4.99 Å². The Morgan fingerprint density at radius 1 is 1.11 bits per heavy atom. The Morgan fingerprint density at radius 2 is 1.82 bits per heavy atom. The van der Waals surface area contributed by atoms with Gasteiger partial charge < -0.3 is 9.64 Å². The molecule has 6 nitrogen and oxygen atoms in total. The van der Waals surface area contributed by atoms with Crippen molar-refractivity contribution >= 4 is 50.0 Å². The SMILES string of the molecule is CCN(CC)C(=O)C1=C(C)N=c2s/c(=C/c3ccc(Br)cc3)c(=O)n2[C@@H]1c1c(OC)ccc2ccccc12. The lowest BCUT2D eigenvalue weighted by molar-refractivity contribution is -0.127. The Hall–Kier alpha value is -3.49. The third kappa shape index (κ3) is 4.52. The van der Waals surface area contributed by atoms with Gasteiger partial charge in [0, 0.05) is 23.1 Å². The summed E-state index contributed by atoms with van der Waals surface area (Å²) in [5, 5.41) is 1.93. The predicted molar refractivity (Wildman–Crippen MR) is 156 cm³/mol. The molecule has 8 heteroatoms. The molecule has 0 saturated carbocycles. The predicted octanol–water partition coefficient (Wildman–Crippen LogP) is 5.03. The molecule has 38 heavy (non-hydrogen) atoms. The zero-order valence-electron chi connectivity index (χ0n) is 21.7. The molecule has 1 atom stereocenters. The zero-order chi connectivity index (χ0) is 27.0. The van der Waals surface area contributed by atoms with Gasteiger partial charge in [0.05, 0.1) is 22.9 Å². The molecule has 0 saturated heterocycles. The largest absolute Gasteiger partial charge is 0.496 e. The van der Waals surface area contributed by atoms with Crippen LogP contribution < -0.4 is 19.6 Å². The number of halogens is 1. The van der Waals surface area contributed by atoms with Gasteiger partial charge in [-0.2, -0.15) is 0 Å². The van der Waals surface area contributed by atoms with Crippen LogP contribution in [0.4, 0.5) is 0 Å². The molecule has 0 radical (unpaired) electrons. The monoisotopic (exact) mass is 589 g/mol. The minimum Gasteiger partial charge on any atom is -0.496 e. The summed E-state index contributed by atoms with van der Waals surface area (Å²) in [6.45, 7) is 6.88. The van der Waals surface area contributed by atoms with Crippen molar-refractivity contribution in [1.29, 1.82) is 0 Å². The van der Waals surface area contributed by atoms with Crippen LogP contribution in [0.5, 0.6) is 5.75 Å². The van der Waals surface area contributed by atoms with E-state index in [4.69, 9.17) is 9.73 Å². The molecule has 194 valence electrons. The number of rotatable bonds is 6. The number of allylic oxidation sites excluding steroid dienone is 1. The van der Waals surface area contributed by atoms with Crippen molar-refractivity contribution in [3.8, 4) is 5.75 Å². The van der Waals surface area contributed by atoms with Crippen LogP contribution >= 0.6 is 27.3 Å². The van der Waals surface area contributed by atoms with Gasteiger partial charge in [-0.3, -0.25) is 14.2 Å². The summed E-state index contributed by atoms with van der Waals surface area (Å²) in [5.41, 5.74) is 2.61. The van der Waals surface area contributed by atoms with Crippen LogP contribution in [0.1, 0.15) is 37.9 Å². The number of thiazole rings is 1. The van der Waals surface area contributed by atoms with Gasteiger partial charge >= 0.3 is 0 Å². The van der Waals surface area contributed by atoms with Crippen molar-refractivity contribution in [3.63, 3.8) is 0 Å². The van der Waals surface area contributed by atoms with E-state index in [0.29, 0.717) is 39.4 Å². The van der Waals surface area contributed by atoms with E-state index in [2.05, 4.69) is 15.9 Å². The second kappa shape index (κ2) is 10.7. The van der Waals surface area contributed by atoms with E-state index in [9.17, 15) is 9.59 Å². The number of ether oxygens (including phenoxy) is 1. The van der Waals surface area contributed by atoms with Crippen LogP contribution in [-0.2, 0) is 4.79 Å². The minimum atomic E-state index is -0.688. The molecule has 1 aliphatic heterocycles. The molecule has 2 heterocycles. The molecule has 4 aromatic rings. The second-order valence-electron chi connectivity index (χ2n) is 9.01. The summed E-state index contributed by atoms with van der Waals surface area (Å²) in [7, 11) is 1.62. The Balaban J connectivity index is 1.85. The molecule has 3 aromatic carbocycles. The van der Waals surface area contributed by atoms with E-state index in [-0.39, 0.29) is 11.5 Å². The second-order valence-corrected chi connectivity index (χ2v) is 10.9. The number of benzene rings is 3. The Labute approximate surface area is 233 Å². The fraction of sp³-hybridized carbons (Fsp3) is 0.233. The normalized spacial score (nSPS) is 15.4. The molecule has 1 aromatic heterocycles. The highest BCUT2D eigenvalue weighted by atomic mass is 79.9. The van der Waals surface area contributed by atoms with Crippen molar-refractivity contribution in [2.45, 2.75) is 26.8 Å². The van der Waals surface area contributed by atoms with Crippen molar-refractivity contribution < 1.29 is 9.53 Å². The number of amides is 1. The highest BCUT2D eigenvalue weighted by Gasteiger charge is 2.36. The van der Waals surface area contributed by atoms with Gasteiger partial charge in [0.1, 0.15) is 11.8 Å². The molecular formula is C30H28BrN3O3S. The van der Waals surface area contributed by atoms with Crippen molar-refractivity contribution in [2.75, 3.05) is 20.2 Å². The van der Waals surface area contributed by atoms with Crippen LogP contribution in [0.2, 0.25) is 0 Å². The Kier molecular flexibility index (Phi) is 7.36. The summed E-state index contributed by atoms with van der Waals surface area (Å²) in [5.74, 6) is 0.495. The van der Waals surface area contributed by atoms with Crippen molar-refractivity contribution in [1.82, 2.24) is 9.47 Å². The number of hydrogen-bond donors (Lipinski definition) is 0. The Bertz CT molecular complexity index is 1750. The number of aromatic nitrogens is 1. The molecule has 0 spiro atoms. The number of carbonyl (C=O) groups excluding carboxylic acids is 1. The van der Waals surface area contributed by atoms with E-state index in [1.54, 1.807) is 16.6 Å². The van der Waals surface area contributed by atoms with Crippen molar-refractivity contribution in [3.05, 3.63) is 107 Å². The fourth-order valence-electron chi connectivity index (χ4n) is 5.00. The highest BCUT2D eigenvalue weighted by molar-refractivity contribution is 9.10. The number of carbonyl (C=O) groups is 1. The average Bonchev–Trinajstić information content (AvgIpc) is 3.23. The van der Waals surface area contributed by atoms with Gasteiger partial charge in [0.15, 0.2) is 4.80 Å². The maximum Gasteiger partial charge on any atom is 0.271 e. The molecule has 0 N–H and O–H groups in total. The van der Waals surface area contributed by atoms with Crippen LogP contribution in [0.15, 0.2) is 86.2 Å². The van der Waals surface area contributed by atoms with Gasteiger partial charge in [0.2, 0.25) is 0 Å². The lowest BCUT2D eigenvalue weighted by Gasteiger charge is -2.30. The third-order valence-electron chi connectivity index (χ3n) is 6.89. The first-order chi connectivity index (χ1) is 18.4. The lowest BCUT2D eigenvalue weighted by Crippen LogP contribution is -2.43. The summed E-state index contributed by atoms with van der Waals surface area (Å²) in [6.07, 6.45) is 1.87. The standard InChI is InChI=1S/C30H28BrN3O3S/c1-5-33(6-2)29(36)25-18(3)32-30-34(28(35)24(38-30)17-19-11-14-21(31)15-12-19)27(25)26-22-10-8-7-9-20(22)13-16-23(26)37-4/h7-17,27H,5-6H2,1-4H3/b24-17+/t27-/m0/s1. The minimum absolute atomic E-state index is 0.126. The van der Waals surface area contributed by atoms with Gasteiger partial charge in [-0.1, -0.05) is 69.7 Å². The van der Waals surface area contributed by atoms with E-state index in [1.165, 1.54) is 11.3 Å². The highest BCUT2D eigenvalue weighted by Crippen LogP contribution is 2.40. The molecule has 0 unspecified atom stereocenters. The van der Waals surface area contributed by atoms with E-state index < -0.39 is 6.04 Å². The topological polar surface area (TPSA) is 63.9 Å². The Morgan fingerprint density at radius 3 is 2.50 bits per heavy atom. The molecule has 0 bridgehead atoms. The molecule has 1 amide bonds. The van der Waals surface area contributed by atoms with Crippen LogP contribution in [0.3, 0.4) is 0 Å². The number of nitrogens with zero attached hydrogens (tertiary/aromatic N) is 3. The zero-order valence-corrected chi connectivity index (χ0v) is 24.1. The first-order valence-corrected chi connectivity index (χ1v) is 14.1. The van der Waals surface area contributed by atoms with E-state index in [1.807, 2.05) is 87.5 Å². The smallest absolute Gasteiger partial charge is 0.271 e. The van der Waals surface area contributed by atoms with Gasteiger partial charge in [-0.25, -0.2) is 4.99 Å². The summed E-state index contributed by atoms with van der Waals surface area (Å²) in [6, 6.07) is 19.0.